The van der Waals surface area contributed by atoms with Gasteiger partial charge >= 0.3 is 0 Å². The summed E-state index contributed by atoms with van der Waals surface area (Å²) in [5.74, 6) is 0.381. The number of para-hydroxylation sites is 2. The van der Waals surface area contributed by atoms with Gasteiger partial charge in [-0.1, -0.05) is 43.3 Å². The van der Waals surface area contributed by atoms with E-state index in [4.69, 9.17) is 0 Å². The third-order valence-electron chi connectivity index (χ3n) is 5.80. The van der Waals surface area contributed by atoms with E-state index in [1.165, 1.54) is 0 Å². The maximum Gasteiger partial charge on any atom is 0.245 e. The summed E-state index contributed by atoms with van der Waals surface area (Å²) in [4.78, 5) is 26.6. The smallest absolute Gasteiger partial charge is 0.245 e. The Hall–Kier alpha value is -3.05. The maximum absolute atomic E-state index is 13.6. The zero-order chi connectivity index (χ0) is 21.4. The van der Waals surface area contributed by atoms with Gasteiger partial charge in [0.1, 0.15) is 0 Å². The normalized spacial score (nSPS) is 14.6. The quantitative estimate of drug-likeness (QED) is 0.364. The van der Waals surface area contributed by atoms with Gasteiger partial charge < -0.3 is 5.32 Å². The van der Waals surface area contributed by atoms with Gasteiger partial charge in [-0.2, -0.15) is 0 Å². The molecule has 4 aromatic rings. The number of thioether (sulfide) groups is 1. The molecule has 0 spiro atoms. The Kier molecular flexibility index (Phi) is 5.28. The van der Waals surface area contributed by atoms with Crippen molar-refractivity contribution >= 4 is 51.1 Å². The fraction of sp³-hybridized carbons (Fsp3) is 0.231. The second-order valence-electron chi connectivity index (χ2n) is 8.01. The van der Waals surface area contributed by atoms with Gasteiger partial charge in [0, 0.05) is 27.3 Å². The third kappa shape index (κ3) is 3.86. The van der Waals surface area contributed by atoms with E-state index >= 15 is 0 Å². The van der Waals surface area contributed by atoms with Crippen molar-refractivity contribution in [2.45, 2.75) is 36.3 Å². The summed E-state index contributed by atoms with van der Waals surface area (Å²) in [6, 6.07) is 24.0. The number of carbonyl (C=O) groups excluding carboxylic acids is 2. The highest BCUT2D eigenvalue weighted by Crippen LogP contribution is 2.34. The van der Waals surface area contributed by atoms with Crippen molar-refractivity contribution in [3.63, 3.8) is 0 Å². The molecular formula is C26H24N2O2S. The van der Waals surface area contributed by atoms with Gasteiger partial charge in [0.15, 0.2) is 0 Å². The van der Waals surface area contributed by atoms with E-state index in [0.29, 0.717) is 0 Å². The monoisotopic (exact) mass is 428 g/mol. The topological polar surface area (TPSA) is 51.1 Å². The van der Waals surface area contributed by atoms with Crippen molar-refractivity contribution in [2.24, 2.45) is 5.92 Å². The zero-order valence-corrected chi connectivity index (χ0v) is 18.2. The first-order valence-electron chi connectivity index (χ1n) is 10.8. The van der Waals surface area contributed by atoms with Crippen molar-refractivity contribution in [1.82, 2.24) is 4.57 Å². The summed E-state index contributed by atoms with van der Waals surface area (Å²) in [7, 11) is 0. The molecule has 1 aliphatic rings. The first-order chi connectivity index (χ1) is 15.2. The van der Waals surface area contributed by atoms with Crippen molar-refractivity contribution in [1.29, 1.82) is 0 Å². The molecule has 0 bridgehead atoms. The standard InChI is InChI=1S/C26H24N2O2S/c1-2-24(31-19-15-13-18(14-16-19)27-25(29)17-11-12-17)26(30)28-22-9-5-3-7-20(22)21-8-4-6-10-23(21)28/h3-10,13-17,24H,2,11-12H2,1H3,(H,27,29). The second kappa shape index (κ2) is 8.23. The van der Waals surface area contributed by atoms with Gasteiger partial charge in [0.25, 0.3) is 0 Å². The number of aromatic nitrogens is 1. The van der Waals surface area contributed by atoms with E-state index < -0.39 is 0 Å². The van der Waals surface area contributed by atoms with Crippen LogP contribution in [-0.2, 0) is 4.79 Å². The number of hydrogen-bond donors (Lipinski definition) is 1. The van der Waals surface area contributed by atoms with Crippen LogP contribution in [-0.4, -0.2) is 21.6 Å². The van der Waals surface area contributed by atoms with Gasteiger partial charge in [-0.05, 0) is 55.7 Å². The molecule has 1 N–H and O–H groups in total. The second-order valence-corrected chi connectivity index (χ2v) is 9.29. The minimum Gasteiger partial charge on any atom is -0.326 e. The van der Waals surface area contributed by atoms with Crippen LogP contribution in [0, 0.1) is 5.92 Å². The molecule has 1 atom stereocenters. The number of carbonyl (C=O) groups is 2. The molecule has 0 radical (unpaired) electrons. The highest BCUT2D eigenvalue weighted by Gasteiger charge is 2.29. The van der Waals surface area contributed by atoms with E-state index in [9.17, 15) is 9.59 Å². The van der Waals surface area contributed by atoms with Crippen LogP contribution >= 0.6 is 11.8 Å². The van der Waals surface area contributed by atoms with E-state index in [1.54, 1.807) is 11.8 Å². The number of fused-ring (bicyclic) bond motifs is 3. The summed E-state index contributed by atoms with van der Waals surface area (Å²) in [6.45, 7) is 2.05. The summed E-state index contributed by atoms with van der Waals surface area (Å²) in [5, 5.41) is 4.96. The van der Waals surface area contributed by atoms with Crippen LogP contribution in [0.15, 0.2) is 77.7 Å². The van der Waals surface area contributed by atoms with Crippen LogP contribution in [0.3, 0.4) is 0 Å². The molecule has 1 heterocycles. The average molecular weight is 429 g/mol. The number of hydrogen-bond acceptors (Lipinski definition) is 3. The molecular weight excluding hydrogens is 404 g/mol. The number of benzene rings is 3. The first kappa shape index (κ1) is 19.9. The summed E-state index contributed by atoms with van der Waals surface area (Å²) < 4.78 is 1.87. The van der Waals surface area contributed by atoms with Crippen LogP contribution in [0.1, 0.15) is 31.0 Å². The Labute approximate surface area is 185 Å². The molecule has 5 rings (SSSR count). The van der Waals surface area contributed by atoms with Crippen molar-refractivity contribution in [2.75, 3.05) is 5.32 Å². The molecule has 3 aromatic carbocycles. The number of nitrogens with one attached hydrogen (secondary N) is 1. The minimum atomic E-state index is -0.203. The van der Waals surface area contributed by atoms with Crippen LogP contribution in [0.2, 0.25) is 0 Å². The lowest BCUT2D eigenvalue weighted by Crippen LogP contribution is -2.23. The average Bonchev–Trinajstić information content (AvgIpc) is 3.60. The van der Waals surface area contributed by atoms with E-state index in [2.05, 4.69) is 17.4 Å². The number of nitrogens with zero attached hydrogens (tertiary/aromatic N) is 1. The van der Waals surface area contributed by atoms with Gasteiger partial charge in [0.05, 0.1) is 16.3 Å². The molecule has 1 aliphatic carbocycles. The molecule has 5 heteroatoms. The molecule has 0 saturated heterocycles. The number of anilines is 1. The zero-order valence-electron chi connectivity index (χ0n) is 17.4. The minimum absolute atomic E-state index is 0.0935. The SMILES string of the molecule is CCC(Sc1ccc(NC(=O)C2CC2)cc1)C(=O)n1c2ccccc2c2ccccc21. The van der Waals surface area contributed by atoms with E-state index in [-0.39, 0.29) is 23.0 Å². The Morgan fingerprint density at radius 1 is 0.935 bits per heavy atom. The highest BCUT2D eigenvalue weighted by molar-refractivity contribution is 8.00. The third-order valence-corrected chi connectivity index (χ3v) is 7.16. The molecule has 1 amide bonds. The van der Waals surface area contributed by atoms with Gasteiger partial charge in [0.2, 0.25) is 11.8 Å². The van der Waals surface area contributed by atoms with Crippen LogP contribution < -0.4 is 5.32 Å². The lowest BCUT2D eigenvalue weighted by atomic mass is 10.2. The van der Waals surface area contributed by atoms with Gasteiger partial charge in [-0.3, -0.25) is 14.2 Å². The Bertz CT molecular complexity index is 1220. The Balaban J connectivity index is 1.41. The number of amides is 1. The number of rotatable bonds is 6. The summed E-state index contributed by atoms with van der Waals surface area (Å²) in [6.07, 6.45) is 2.70. The molecule has 1 saturated carbocycles. The van der Waals surface area contributed by atoms with Gasteiger partial charge in [-0.25, -0.2) is 0 Å². The van der Waals surface area contributed by atoms with Crippen molar-refractivity contribution < 1.29 is 9.59 Å². The summed E-state index contributed by atoms with van der Waals surface area (Å²) >= 11 is 1.58. The largest absolute Gasteiger partial charge is 0.326 e. The van der Waals surface area contributed by atoms with Crippen molar-refractivity contribution in [3.05, 3.63) is 72.8 Å². The molecule has 1 aromatic heterocycles. The van der Waals surface area contributed by atoms with Crippen LogP contribution in [0.5, 0.6) is 0 Å². The predicted octanol–water partition coefficient (Wildman–Crippen LogP) is 6.35. The fourth-order valence-electron chi connectivity index (χ4n) is 3.98. The van der Waals surface area contributed by atoms with Crippen molar-refractivity contribution in [3.8, 4) is 0 Å². The molecule has 31 heavy (non-hydrogen) atoms. The fourth-order valence-corrected chi connectivity index (χ4v) is 4.98. The van der Waals surface area contributed by atoms with Crippen LogP contribution in [0.4, 0.5) is 5.69 Å². The van der Waals surface area contributed by atoms with E-state index in [1.807, 2.05) is 72.2 Å². The molecule has 0 aliphatic heterocycles. The molecule has 1 unspecified atom stereocenters. The maximum atomic E-state index is 13.6. The molecule has 4 nitrogen and oxygen atoms in total. The van der Waals surface area contributed by atoms with E-state index in [0.717, 1.165) is 51.7 Å². The lowest BCUT2D eigenvalue weighted by Gasteiger charge is -2.16. The Morgan fingerprint density at radius 3 is 2.06 bits per heavy atom. The highest BCUT2D eigenvalue weighted by atomic mass is 32.2. The lowest BCUT2D eigenvalue weighted by molar-refractivity contribution is -0.117. The summed E-state index contributed by atoms with van der Waals surface area (Å²) in [5.41, 5.74) is 2.71. The van der Waals surface area contributed by atoms with Gasteiger partial charge in [-0.15, -0.1) is 11.8 Å². The first-order valence-corrected chi connectivity index (χ1v) is 11.6. The van der Waals surface area contributed by atoms with Crippen LogP contribution in [0.25, 0.3) is 21.8 Å². The predicted molar refractivity (Wildman–Crippen MR) is 128 cm³/mol. The molecule has 1 fully saturated rings. The Morgan fingerprint density at radius 2 is 1.52 bits per heavy atom. The molecule has 156 valence electrons.